The van der Waals surface area contributed by atoms with Crippen LogP contribution in [0.2, 0.25) is 0 Å². The molecule has 1 fully saturated rings. The number of aryl methyl sites for hydroxylation is 2. The van der Waals surface area contributed by atoms with Gasteiger partial charge in [-0.2, -0.15) is 11.3 Å². The summed E-state index contributed by atoms with van der Waals surface area (Å²) in [6, 6.07) is 7.48. The molecule has 1 aromatic heterocycles. The lowest BCUT2D eigenvalue weighted by Crippen LogP contribution is -2.38. The van der Waals surface area contributed by atoms with Crippen molar-refractivity contribution in [3.8, 4) is 0 Å². The van der Waals surface area contributed by atoms with Crippen molar-refractivity contribution in [2.45, 2.75) is 38.1 Å². The number of thiophene rings is 1. The van der Waals surface area contributed by atoms with Gasteiger partial charge in [0, 0.05) is 13.1 Å². The number of benzene rings is 1. The number of hydrogen-bond donors (Lipinski definition) is 1. The van der Waals surface area contributed by atoms with Gasteiger partial charge in [0.15, 0.2) is 0 Å². The van der Waals surface area contributed by atoms with E-state index in [4.69, 9.17) is 0 Å². The van der Waals surface area contributed by atoms with Crippen molar-refractivity contribution >= 4 is 21.4 Å². The van der Waals surface area contributed by atoms with Crippen molar-refractivity contribution in [1.82, 2.24) is 9.62 Å². The molecule has 1 aromatic carbocycles. The summed E-state index contributed by atoms with van der Waals surface area (Å²) in [5.41, 5.74) is 3.49. The van der Waals surface area contributed by atoms with Gasteiger partial charge in [-0.05, 0) is 91.3 Å². The maximum atomic E-state index is 12.5. The molecule has 0 saturated carbocycles. The second-order valence-corrected chi connectivity index (χ2v) is 9.50. The Kier molecular flexibility index (Phi) is 5.94. The van der Waals surface area contributed by atoms with E-state index >= 15 is 0 Å². The molecule has 0 atom stereocenters. The van der Waals surface area contributed by atoms with Crippen LogP contribution >= 0.6 is 11.3 Å². The summed E-state index contributed by atoms with van der Waals surface area (Å²) in [7, 11) is -3.42. The third-order valence-electron chi connectivity index (χ3n) is 5.04. The molecule has 0 unspecified atom stereocenters. The first-order valence-corrected chi connectivity index (χ1v) is 11.2. The molecule has 25 heavy (non-hydrogen) atoms. The van der Waals surface area contributed by atoms with Crippen LogP contribution in [0.25, 0.3) is 0 Å². The predicted octanol–water partition coefficient (Wildman–Crippen LogP) is 3.56. The molecule has 0 radical (unpaired) electrons. The van der Waals surface area contributed by atoms with Gasteiger partial charge < -0.3 is 0 Å². The van der Waals surface area contributed by atoms with Gasteiger partial charge in [0.2, 0.25) is 10.0 Å². The van der Waals surface area contributed by atoms with Crippen LogP contribution in [0.3, 0.4) is 0 Å². The minimum absolute atomic E-state index is 0.366. The molecule has 3 rings (SSSR count). The first-order valence-electron chi connectivity index (χ1n) is 8.74. The van der Waals surface area contributed by atoms with E-state index in [2.05, 4.69) is 26.4 Å². The van der Waals surface area contributed by atoms with Gasteiger partial charge >= 0.3 is 0 Å². The van der Waals surface area contributed by atoms with Crippen molar-refractivity contribution < 1.29 is 8.42 Å². The van der Waals surface area contributed by atoms with Gasteiger partial charge in [-0.25, -0.2) is 13.1 Å². The van der Waals surface area contributed by atoms with E-state index in [-0.39, 0.29) is 0 Å². The Hall–Kier alpha value is -1.21. The van der Waals surface area contributed by atoms with E-state index in [0.29, 0.717) is 17.4 Å². The average Bonchev–Trinajstić information content (AvgIpc) is 3.10. The number of likely N-dealkylation sites (tertiary alicyclic amines) is 1. The second kappa shape index (κ2) is 7.99. The minimum Gasteiger partial charge on any atom is -0.299 e. The molecule has 2 heterocycles. The minimum atomic E-state index is -3.42. The molecule has 1 N–H and O–H groups in total. The monoisotopic (exact) mass is 378 g/mol. The maximum absolute atomic E-state index is 12.5. The van der Waals surface area contributed by atoms with Crippen LogP contribution in [0.1, 0.15) is 29.5 Å². The third-order valence-corrected chi connectivity index (χ3v) is 7.20. The van der Waals surface area contributed by atoms with Gasteiger partial charge in [0.25, 0.3) is 0 Å². The first-order chi connectivity index (χ1) is 11.9. The quantitative estimate of drug-likeness (QED) is 0.836. The molecule has 6 heteroatoms. The van der Waals surface area contributed by atoms with Crippen molar-refractivity contribution in [3.63, 3.8) is 0 Å². The average molecular weight is 379 g/mol. The molecule has 0 aliphatic carbocycles. The zero-order valence-electron chi connectivity index (χ0n) is 14.9. The summed E-state index contributed by atoms with van der Waals surface area (Å²) in [6.45, 7) is 7.53. The van der Waals surface area contributed by atoms with Gasteiger partial charge in [0.05, 0.1) is 4.90 Å². The molecular weight excluding hydrogens is 352 g/mol. The lowest BCUT2D eigenvalue weighted by molar-refractivity contribution is 0.179. The van der Waals surface area contributed by atoms with Crippen LogP contribution in [-0.4, -0.2) is 33.0 Å². The van der Waals surface area contributed by atoms with Crippen LogP contribution < -0.4 is 4.72 Å². The van der Waals surface area contributed by atoms with Gasteiger partial charge in [-0.1, -0.05) is 6.07 Å². The summed E-state index contributed by atoms with van der Waals surface area (Å²) in [5, 5.41) is 4.31. The lowest BCUT2D eigenvalue weighted by Gasteiger charge is -2.31. The molecule has 2 aromatic rings. The van der Waals surface area contributed by atoms with Gasteiger partial charge in [-0.3, -0.25) is 4.90 Å². The van der Waals surface area contributed by atoms with E-state index in [1.54, 1.807) is 23.5 Å². The third kappa shape index (κ3) is 4.91. The van der Waals surface area contributed by atoms with Crippen molar-refractivity contribution in [1.29, 1.82) is 0 Å². The smallest absolute Gasteiger partial charge is 0.240 e. The Bertz CT molecular complexity index is 793. The number of rotatable bonds is 6. The Labute approximate surface area is 154 Å². The fourth-order valence-corrected chi connectivity index (χ4v) is 5.04. The van der Waals surface area contributed by atoms with Crippen LogP contribution in [0, 0.1) is 19.8 Å². The van der Waals surface area contributed by atoms with Crippen LogP contribution in [-0.2, 0) is 16.6 Å². The number of sulfonamides is 1. The highest BCUT2D eigenvalue weighted by molar-refractivity contribution is 7.89. The van der Waals surface area contributed by atoms with Crippen molar-refractivity contribution in [3.05, 3.63) is 51.7 Å². The summed E-state index contributed by atoms with van der Waals surface area (Å²) in [4.78, 5) is 2.82. The van der Waals surface area contributed by atoms with Gasteiger partial charge in [-0.15, -0.1) is 0 Å². The second-order valence-electron chi connectivity index (χ2n) is 6.95. The Balaban J connectivity index is 1.49. The molecule has 1 aliphatic heterocycles. The summed E-state index contributed by atoms with van der Waals surface area (Å²) >= 11 is 1.74. The van der Waals surface area contributed by atoms with E-state index in [1.807, 2.05) is 19.9 Å². The molecule has 1 aliphatic rings. The normalized spacial score (nSPS) is 17.0. The highest BCUT2D eigenvalue weighted by Gasteiger charge is 2.22. The number of piperidine rings is 1. The summed E-state index contributed by atoms with van der Waals surface area (Å²) in [5.74, 6) is 0.417. The molecule has 4 nitrogen and oxygen atoms in total. The molecule has 0 amide bonds. The fraction of sp³-hybridized carbons (Fsp3) is 0.474. The highest BCUT2D eigenvalue weighted by atomic mass is 32.2. The summed E-state index contributed by atoms with van der Waals surface area (Å²) < 4.78 is 27.8. The number of nitrogens with zero attached hydrogens (tertiary/aromatic N) is 1. The van der Waals surface area contributed by atoms with Gasteiger partial charge in [0.1, 0.15) is 0 Å². The van der Waals surface area contributed by atoms with E-state index in [9.17, 15) is 8.42 Å². The topological polar surface area (TPSA) is 49.4 Å². The zero-order chi connectivity index (χ0) is 17.9. The van der Waals surface area contributed by atoms with Crippen molar-refractivity contribution in [2.75, 3.05) is 19.6 Å². The van der Waals surface area contributed by atoms with E-state index < -0.39 is 10.0 Å². The Morgan fingerprint density at radius 2 is 1.92 bits per heavy atom. The molecule has 0 spiro atoms. The predicted molar refractivity (Wildman–Crippen MR) is 103 cm³/mol. The fourth-order valence-electron chi connectivity index (χ4n) is 3.18. The molecular formula is C19H26N2O2S2. The maximum Gasteiger partial charge on any atom is 0.240 e. The number of hydrogen-bond acceptors (Lipinski definition) is 4. The van der Waals surface area contributed by atoms with Crippen LogP contribution in [0.4, 0.5) is 0 Å². The zero-order valence-corrected chi connectivity index (χ0v) is 16.5. The largest absolute Gasteiger partial charge is 0.299 e. The lowest BCUT2D eigenvalue weighted by atomic mass is 9.97. The molecule has 136 valence electrons. The highest BCUT2D eigenvalue weighted by Crippen LogP contribution is 2.20. The van der Waals surface area contributed by atoms with E-state index in [0.717, 1.165) is 43.6 Å². The Morgan fingerprint density at radius 1 is 1.16 bits per heavy atom. The van der Waals surface area contributed by atoms with Crippen molar-refractivity contribution in [2.24, 2.45) is 5.92 Å². The standard InChI is InChI=1S/C19H26N2O2S2/c1-15-3-4-19(11-16(15)2)25(22,23)20-12-17-5-8-21(9-6-17)13-18-7-10-24-14-18/h3-4,7,10-11,14,17,20H,5-6,8-9,12-13H2,1-2H3. The SMILES string of the molecule is Cc1ccc(S(=O)(=O)NCC2CCN(Cc3ccsc3)CC2)cc1C. The summed E-state index contributed by atoms with van der Waals surface area (Å²) in [6.07, 6.45) is 2.08. The first kappa shape index (κ1) is 18.6. The molecule has 1 saturated heterocycles. The number of nitrogens with one attached hydrogen (secondary N) is 1. The van der Waals surface area contributed by atoms with Crippen LogP contribution in [0.5, 0.6) is 0 Å². The Morgan fingerprint density at radius 3 is 2.56 bits per heavy atom. The van der Waals surface area contributed by atoms with E-state index in [1.165, 1.54) is 5.56 Å². The molecule has 0 bridgehead atoms. The van der Waals surface area contributed by atoms with Crippen LogP contribution in [0.15, 0.2) is 39.9 Å².